The van der Waals surface area contributed by atoms with Crippen molar-refractivity contribution >= 4 is 21.8 Å². The maximum absolute atomic E-state index is 12.4. The number of hydrogen-bond acceptors (Lipinski definition) is 3. The van der Waals surface area contributed by atoms with E-state index in [0.717, 1.165) is 12.0 Å². The van der Waals surface area contributed by atoms with Crippen LogP contribution in [0.3, 0.4) is 0 Å². The fourth-order valence-corrected chi connectivity index (χ4v) is 3.99. The molecule has 124 valence electrons. The lowest BCUT2D eigenvalue weighted by atomic mass is 10.1. The fourth-order valence-electron chi connectivity index (χ4n) is 2.59. The van der Waals surface area contributed by atoms with E-state index in [1.807, 2.05) is 49.4 Å². The third kappa shape index (κ3) is 5.67. The number of rotatable bonds is 7. The fraction of sp³-hybridized carbons (Fsp3) is 0.389. The van der Waals surface area contributed by atoms with Gasteiger partial charge in [0.05, 0.1) is 5.75 Å². The van der Waals surface area contributed by atoms with Gasteiger partial charge in [-0.15, -0.1) is 0 Å². The molecule has 23 heavy (non-hydrogen) atoms. The Bertz CT molecular complexity index is 677. The zero-order valence-electron chi connectivity index (χ0n) is 13.4. The topological polar surface area (TPSA) is 54.5 Å². The van der Waals surface area contributed by atoms with Crippen LogP contribution in [0.15, 0.2) is 47.9 Å². The van der Waals surface area contributed by atoms with Gasteiger partial charge in [-0.1, -0.05) is 55.5 Å². The highest BCUT2D eigenvalue weighted by atomic mass is 32.2. The van der Waals surface area contributed by atoms with Crippen LogP contribution in [0, 0.1) is 5.92 Å². The summed E-state index contributed by atoms with van der Waals surface area (Å²) in [5.74, 6) is -0.125. The van der Waals surface area contributed by atoms with Crippen LogP contribution in [-0.2, 0) is 14.6 Å². The Hall–Kier alpha value is -1.88. The molecule has 0 saturated carbocycles. The SMILES string of the molecule is CCCN(C/C=C/c1ccccc1)C(=O)CC1C=CS(=O)(=O)C1. The Balaban J connectivity index is 1.91. The van der Waals surface area contributed by atoms with E-state index in [1.54, 1.807) is 11.0 Å². The van der Waals surface area contributed by atoms with Crippen LogP contribution in [0.2, 0.25) is 0 Å². The largest absolute Gasteiger partial charge is 0.339 e. The summed E-state index contributed by atoms with van der Waals surface area (Å²) in [6.45, 7) is 3.26. The summed E-state index contributed by atoms with van der Waals surface area (Å²) >= 11 is 0. The maximum atomic E-state index is 12.4. The molecule has 1 unspecified atom stereocenters. The van der Waals surface area contributed by atoms with Crippen molar-refractivity contribution < 1.29 is 13.2 Å². The second kappa shape index (κ2) is 8.11. The smallest absolute Gasteiger partial charge is 0.223 e. The standard InChI is InChI=1S/C18H23NO3S/c1-2-11-19(12-6-9-16-7-4-3-5-8-16)18(20)14-17-10-13-23(21,22)15-17/h3-10,13,17H,2,11-12,14-15H2,1H3/b9-6+. The monoisotopic (exact) mass is 333 g/mol. The molecule has 0 saturated heterocycles. The van der Waals surface area contributed by atoms with E-state index in [9.17, 15) is 13.2 Å². The number of carbonyl (C=O) groups excluding carboxylic acids is 1. The van der Waals surface area contributed by atoms with Gasteiger partial charge >= 0.3 is 0 Å². The molecule has 1 amide bonds. The van der Waals surface area contributed by atoms with Gasteiger partial charge in [-0.05, 0) is 12.0 Å². The van der Waals surface area contributed by atoms with Gasteiger partial charge in [0.1, 0.15) is 0 Å². The predicted octanol–water partition coefficient (Wildman–Crippen LogP) is 2.89. The van der Waals surface area contributed by atoms with E-state index in [4.69, 9.17) is 0 Å². The Morgan fingerprint density at radius 1 is 1.30 bits per heavy atom. The number of carbonyl (C=O) groups is 1. The lowest BCUT2D eigenvalue weighted by Gasteiger charge is -2.21. The van der Waals surface area contributed by atoms with E-state index in [0.29, 0.717) is 13.1 Å². The van der Waals surface area contributed by atoms with Crippen LogP contribution < -0.4 is 0 Å². The third-order valence-corrected chi connectivity index (χ3v) is 5.19. The number of amides is 1. The lowest BCUT2D eigenvalue weighted by molar-refractivity contribution is -0.131. The van der Waals surface area contributed by atoms with Gasteiger partial charge in [-0.2, -0.15) is 0 Å². The van der Waals surface area contributed by atoms with E-state index < -0.39 is 9.84 Å². The summed E-state index contributed by atoms with van der Waals surface area (Å²) in [4.78, 5) is 14.2. The quantitative estimate of drug-likeness (QED) is 0.771. The minimum atomic E-state index is -3.10. The minimum absolute atomic E-state index is 0.0105. The summed E-state index contributed by atoms with van der Waals surface area (Å²) in [5, 5.41) is 1.23. The van der Waals surface area contributed by atoms with Gasteiger partial charge in [0.2, 0.25) is 5.91 Å². The van der Waals surface area contributed by atoms with Crippen molar-refractivity contribution in [3.63, 3.8) is 0 Å². The lowest BCUT2D eigenvalue weighted by Crippen LogP contribution is -2.33. The van der Waals surface area contributed by atoms with Gasteiger partial charge < -0.3 is 4.90 Å². The zero-order valence-corrected chi connectivity index (χ0v) is 14.2. The highest BCUT2D eigenvalue weighted by molar-refractivity contribution is 7.94. The summed E-state index contributed by atoms with van der Waals surface area (Å²) < 4.78 is 22.8. The van der Waals surface area contributed by atoms with Crippen molar-refractivity contribution in [1.29, 1.82) is 0 Å². The molecule has 1 aliphatic heterocycles. The van der Waals surface area contributed by atoms with Crippen LogP contribution in [0.4, 0.5) is 0 Å². The Labute approximate surface area is 138 Å². The summed E-state index contributed by atoms with van der Waals surface area (Å²) in [6, 6.07) is 9.93. The van der Waals surface area contributed by atoms with E-state index in [-0.39, 0.29) is 24.0 Å². The number of nitrogens with zero attached hydrogens (tertiary/aromatic N) is 1. The van der Waals surface area contributed by atoms with Crippen molar-refractivity contribution in [3.05, 3.63) is 53.5 Å². The van der Waals surface area contributed by atoms with Crippen LogP contribution in [0.5, 0.6) is 0 Å². The first-order valence-corrected chi connectivity index (χ1v) is 9.62. The molecule has 0 aliphatic carbocycles. The van der Waals surface area contributed by atoms with Gasteiger partial charge in [-0.25, -0.2) is 8.42 Å². The minimum Gasteiger partial charge on any atom is -0.339 e. The summed E-state index contributed by atoms with van der Waals surface area (Å²) in [5.41, 5.74) is 1.10. The molecule has 0 aromatic heterocycles. The van der Waals surface area contributed by atoms with Crippen molar-refractivity contribution in [1.82, 2.24) is 4.90 Å². The van der Waals surface area contributed by atoms with Crippen molar-refractivity contribution in [2.45, 2.75) is 19.8 Å². The van der Waals surface area contributed by atoms with E-state index in [2.05, 4.69) is 0 Å². The average Bonchev–Trinajstić information content (AvgIpc) is 2.86. The highest BCUT2D eigenvalue weighted by Gasteiger charge is 2.25. The summed E-state index contributed by atoms with van der Waals surface area (Å²) in [7, 11) is -3.10. The molecule has 1 aromatic rings. The second-order valence-corrected chi connectivity index (χ2v) is 7.71. The van der Waals surface area contributed by atoms with Crippen molar-refractivity contribution in [2.24, 2.45) is 5.92 Å². The molecule has 1 aliphatic rings. The van der Waals surface area contributed by atoms with E-state index in [1.165, 1.54) is 5.41 Å². The molecule has 2 rings (SSSR count). The normalized spacial score (nSPS) is 19.3. The van der Waals surface area contributed by atoms with Gasteiger partial charge in [0.25, 0.3) is 0 Å². The van der Waals surface area contributed by atoms with Crippen LogP contribution in [0.1, 0.15) is 25.3 Å². The van der Waals surface area contributed by atoms with Crippen molar-refractivity contribution in [3.8, 4) is 0 Å². The first-order valence-electron chi connectivity index (χ1n) is 7.90. The molecule has 1 heterocycles. The number of sulfone groups is 1. The molecule has 0 N–H and O–H groups in total. The number of allylic oxidation sites excluding steroid dienone is 1. The second-order valence-electron chi connectivity index (χ2n) is 5.78. The molecule has 0 spiro atoms. The van der Waals surface area contributed by atoms with Crippen LogP contribution in [0.25, 0.3) is 6.08 Å². The molecule has 0 bridgehead atoms. The number of hydrogen-bond donors (Lipinski definition) is 0. The molecule has 0 fully saturated rings. The van der Waals surface area contributed by atoms with Gasteiger partial charge in [0, 0.05) is 30.8 Å². The predicted molar refractivity (Wildman–Crippen MR) is 93.4 cm³/mol. The van der Waals surface area contributed by atoms with E-state index >= 15 is 0 Å². The molecule has 0 radical (unpaired) electrons. The highest BCUT2D eigenvalue weighted by Crippen LogP contribution is 2.19. The van der Waals surface area contributed by atoms with Crippen LogP contribution in [-0.4, -0.2) is 38.1 Å². The van der Waals surface area contributed by atoms with Crippen molar-refractivity contribution in [2.75, 3.05) is 18.8 Å². The molecular weight excluding hydrogens is 310 g/mol. The van der Waals surface area contributed by atoms with Crippen LogP contribution >= 0.6 is 0 Å². The Morgan fingerprint density at radius 3 is 2.65 bits per heavy atom. The third-order valence-electron chi connectivity index (χ3n) is 3.72. The zero-order chi connectivity index (χ0) is 16.7. The molecule has 4 nitrogen and oxygen atoms in total. The first-order chi connectivity index (χ1) is 11.0. The molecule has 1 aromatic carbocycles. The van der Waals surface area contributed by atoms with Gasteiger partial charge in [0.15, 0.2) is 9.84 Å². The first kappa shape index (κ1) is 17.5. The molecular formula is C18H23NO3S. The van der Waals surface area contributed by atoms with Gasteiger partial charge in [-0.3, -0.25) is 4.79 Å². The maximum Gasteiger partial charge on any atom is 0.223 e. The summed E-state index contributed by atoms with van der Waals surface area (Å²) in [6.07, 6.45) is 6.75. The number of benzene rings is 1. The Kier molecular flexibility index (Phi) is 6.16. The molecule has 1 atom stereocenters. The molecule has 5 heteroatoms. The Morgan fingerprint density at radius 2 is 2.04 bits per heavy atom. The average molecular weight is 333 g/mol.